The Kier molecular flexibility index (Phi) is 5.83. The van der Waals surface area contributed by atoms with Gasteiger partial charge in [-0.2, -0.15) is 0 Å². The summed E-state index contributed by atoms with van der Waals surface area (Å²) in [7, 11) is 2.16. The van der Waals surface area contributed by atoms with Crippen molar-refractivity contribution in [1.82, 2.24) is 10.2 Å². The molecule has 3 heteroatoms. The van der Waals surface area contributed by atoms with Crippen LogP contribution in [0.5, 0.6) is 0 Å². The van der Waals surface area contributed by atoms with E-state index in [1.807, 2.05) is 0 Å². The standard InChI is InChI=1S/C16H26N2O/c1-14(8-9-15-6-4-3-5-7-15)17-12-16-13-18(2)10-11-19-16/h3-7,14,16-17H,8-13H2,1-2H3. The van der Waals surface area contributed by atoms with Crippen molar-refractivity contribution in [3.8, 4) is 0 Å². The van der Waals surface area contributed by atoms with Crippen molar-refractivity contribution in [3.05, 3.63) is 35.9 Å². The van der Waals surface area contributed by atoms with E-state index in [1.165, 1.54) is 12.0 Å². The molecule has 0 bridgehead atoms. The average Bonchev–Trinajstić information content (AvgIpc) is 2.44. The third-order valence-electron chi connectivity index (χ3n) is 3.74. The first-order valence-electron chi connectivity index (χ1n) is 7.31. The van der Waals surface area contributed by atoms with Crippen molar-refractivity contribution in [2.24, 2.45) is 0 Å². The molecule has 1 saturated heterocycles. The second-order valence-corrected chi connectivity index (χ2v) is 5.59. The number of ether oxygens (including phenoxy) is 1. The molecule has 0 spiro atoms. The van der Waals surface area contributed by atoms with Crippen molar-refractivity contribution in [2.75, 3.05) is 33.3 Å². The SMILES string of the molecule is CC(CCc1ccccc1)NCC1CN(C)CCO1. The topological polar surface area (TPSA) is 24.5 Å². The van der Waals surface area contributed by atoms with E-state index in [1.54, 1.807) is 0 Å². The molecule has 0 amide bonds. The molecule has 1 fully saturated rings. The normalized spacial score (nSPS) is 22.3. The van der Waals surface area contributed by atoms with Gasteiger partial charge in [-0.1, -0.05) is 30.3 Å². The number of likely N-dealkylation sites (N-methyl/N-ethyl adjacent to an activating group) is 1. The highest BCUT2D eigenvalue weighted by Gasteiger charge is 2.17. The number of morpholine rings is 1. The number of hydrogen-bond acceptors (Lipinski definition) is 3. The molecule has 2 rings (SSSR count). The van der Waals surface area contributed by atoms with Crippen molar-refractivity contribution in [3.63, 3.8) is 0 Å². The maximum Gasteiger partial charge on any atom is 0.0826 e. The molecule has 19 heavy (non-hydrogen) atoms. The summed E-state index contributed by atoms with van der Waals surface area (Å²) in [5, 5.41) is 3.59. The fraction of sp³-hybridized carbons (Fsp3) is 0.625. The molecule has 3 nitrogen and oxygen atoms in total. The summed E-state index contributed by atoms with van der Waals surface area (Å²) < 4.78 is 5.76. The Morgan fingerprint density at radius 1 is 1.37 bits per heavy atom. The number of benzene rings is 1. The van der Waals surface area contributed by atoms with E-state index in [4.69, 9.17) is 4.74 Å². The Balaban J connectivity index is 1.63. The van der Waals surface area contributed by atoms with Gasteiger partial charge in [-0.05, 0) is 32.4 Å². The van der Waals surface area contributed by atoms with E-state index in [9.17, 15) is 0 Å². The summed E-state index contributed by atoms with van der Waals surface area (Å²) in [6, 6.07) is 11.2. The summed E-state index contributed by atoms with van der Waals surface area (Å²) in [4.78, 5) is 2.34. The van der Waals surface area contributed by atoms with Gasteiger partial charge in [0.25, 0.3) is 0 Å². The van der Waals surface area contributed by atoms with Gasteiger partial charge in [0, 0.05) is 25.7 Å². The largest absolute Gasteiger partial charge is 0.374 e. The minimum absolute atomic E-state index is 0.345. The number of hydrogen-bond donors (Lipinski definition) is 1. The molecular weight excluding hydrogens is 236 g/mol. The van der Waals surface area contributed by atoms with Crippen LogP contribution in [0.4, 0.5) is 0 Å². The Morgan fingerprint density at radius 3 is 2.89 bits per heavy atom. The molecule has 1 aromatic carbocycles. The molecule has 106 valence electrons. The molecule has 0 aliphatic carbocycles. The lowest BCUT2D eigenvalue weighted by molar-refractivity contribution is -0.0191. The van der Waals surface area contributed by atoms with Gasteiger partial charge >= 0.3 is 0 Å². The quantitative estimate of drug-likeness (QED) is 0.848. The van der Waals surface area contributed by atoms with E-state index < -0.39 is 0 Å². The molecule has 2 unspecified atom stereocenters. The van der Waals surface area contributed by atoms with Crippen LogP contribution < -0.4 is 5.32 Å². The first-order chi connectivity index (χ1) is 9.24. The summed E-state index contributed by atoms with van der Waals surface area (Å²) in [5.74, 6) is 0. The minimum Gasteiger partial charge on any atom is -0.374 e. The minimum atomic E-state index is 0.345. The maximum absolute atomic E-state index is 5.76. The van der Waals surface area contributed by atoms with E-state index in [2.05, 4.69) is 54.5 Å². The average molecular weight is 262 g/mol. The van der Waals surface area contributed by atoms with Crippen LogP contribution in [0.15, 0.2) is 30.3 Å². The smallest absolute Gasteiger partial charge is 0.0826 e. The Labute approximate surface area is 116 Å². The van der Waals surface area contributed by atoms with Gasteiger partial charge in [0.2, 0.25) is 0 Å². The van der Waals surface area contributed by atoms with Gasteiger partial charge in [-0.3, -0.25) is 0 Å². The van der Waals surface area contributed by atoms with Gasteiger partial charge in [0.15, 0.2) is 0 Å². The predicted molar refractivity (Wildman–Crippen MR) is 79.5 cm³/mol. The van der Waals surface area contributed by atoms with Crippen molar-refractivity contribution in [1.29, 1.82) is 0 Å². The molecule has 1 aliphatic heterocycles. The third kappa shape index (κ3) is 5.31. The molecule has 0 aromatic heterocycles. The van der Waals surface area contributed by atoms with Gasteiger partial charge in [0.1, 0.15) is 0 Å². The van der Waals surface area contributed by atoms with Crippen molar-refractivity contribution >= 4 is 0 Å². The van der Waals surface area contributed by atoms with Crippen LogP contribution in [0.2, 0.25) is 0 Å². The van der Waals surface area contributed by atoms with Gasteiger partial charge in [-0.25, -0.2) is 0 Å². The zero-order valence-electron chi connectivity index (χ0n) is 12.1. The Morgan fingerprint density at radius 2 is 2.16 bits per heavy atom. The molecule has 1 N–H and O–H groups in total. The lowest BCUT2D eigenvalue weighted by atomic mass is 10.1. The number of rotatable bonds is 6. The molecule has 2 atom stereocenters. The third-order valence-corrected chi connectivity index (χ3v) is 3.74. The zero-order chi connectivity index (χ0) is 13.5. The van der Waals surface area contributed by atoms with Crippen LogP contribution in [0.25, 0.3) is 0 Å². The predicted octanol–water partition coefficient (Wildman–Crippen LogP) is 1.93. The van der Waals surface area contributed by atoms with Crippen LogP contribution >= 0.6 is 0 Å². The number of nitrogens with zero attached hydrogens (tertiary/aromatic N) is 1. The second-order valence-electron chi connectivity index (χ2n) is 5.59. The summed E-state index contributed by atoms with van der Waals surface area (Å²) >= 11 is 0. The van der Waals surface area contributed by atoms with Crippen LogP contribution in [0.3, 0.4) is 0 Å². The number of aryl methyl sites for hydroxylation is 1. The van der Waals surface area contributed by atoms with E-state index in [-0.39, 0.29) is 0 Å². The van der Waals surface area contributed by atoms with Crippen molar-refractivity contribution < 1.29 is 4.74 Å². The summed E-state index contributed by atoms with van der Waals surface area (Å²) in [6.45, 7) is 6.18. The Bertz CT molecular complexity index is 355. The van der Waals surface area contributed by atoms with Crippen LogP contribution in [0, 0.1) is 0 Å². The van der Waals surface area contributed by atoms with Crippen LogP contribution in [-0.2, 0) is 11.2 Å². The molecule has 1 aliphatic rings. The maximum atomic E-state index is 5.76. The zero-order valence-corrected chi connectivity index (χ0v) is 12.1. The number of nitrogens with one attached hydrogen (secondary N) is 1. The molecule has 0 saturated carbocycles. The van der Waals surface area contributed by atoms with Gasteiger partial charge in [-0.15, -0.1) is 0 Å². The van der Waals surface area contributed by atoms with Crippen LogP contribution in [-0.4, -0.2) is 50.3 Å². The lowest BCUT2D eigenvalue weighted by Crippen LogP contribution is -2.46. The highest BCUT2D eigenvalue weighted by Crippen LogP contribution is 2.06. The first kappa shape index (κ1) is 14.5. The van der Waals surface area contributed by atoms with E-state index in [0.717, 1.165) is 32.7 Å². The highest BCUT2D eigenvalue weighted by atomic mass is 16.5. The van der Waals surface area contributed by atoms with E-state index in [0.29, 0.717) is 12.1 Å². The van der Waals surface area contributed by atoms with Gasteiger partial charge < -0.3 is 15.0 Å². The monoisotopic (exact) mass is 262 g/mol. The molecule has 1 aromatic rings. The fourth-order valence-corrected chi connectivity index (χ4v) is 2.45. The van der Waals surface area contributed by atoms with Crippen molar-refractivity contribution in [2.45, 2.75) is 31.9 Å². The summed E-state index contributed by atoms with van der Waals surface area (Å²) in [5.41, 5.74) is 1.42. The Hall–Kier alpha value is -0.900. The fourth-order valence-electron chi connectivity index (χ4n) is 2.45. The molecular formula is C16H26N2O. The first-order valence-corrected chi connectivity index (χ1v) is 7.31. The molecule has 0 radical (unpaired) electrons. The second kappa shape index (κ2) is 7.63. The van der Waals surface area contributed by atoms with E-state index >= 15 is 0 Å². The molecule has 1 heterocycles. The summed E-state index contributed by atoms with van der Waals surface area (Å²) in [6.07, 6.45) is 2.66. The van der Waals surface area contributed by atoms with Gasteiger partial charge in [0.05, 0.1) is 12.7 Å². The lowest BCUT2D eigenvalue weighted by Gasteiger charge is -2.31. The van der Waals surface area contributed by atoms with Crippen LogP contribution in [0.1, 0.15) is 18.9 Å². The highest BCUT2D eigenvalue weighted by molar-refractivity contribution is 5.14.